The minimum atomic E-state index is -0.223. The van der Waals surface area contributed by atoms with Crippen LogP contribution in [0.5, 0.6) is 0 Å². The van der Waals surface area contributed by atoms with Crippen LogP contribution in [0.2, 0.25) is 0 Å². The summed E-state index contributed by atoms with van der Waals surface area (Å²) in [4.78, 5) is 15.9. The molecule has 0 amide bonds. The largest absolute Gasteiger partial charge is 0.454 e. The van der Waals surface area contributed by atoms with E-state index in [0.29, 0.717) is 5.57 Å². The molecule has 0 aromatic carbocycles. The highest BCUT2D eigenvalue weighted by Gasteiger charge is 2.34. The van der Waals surface area contributed by atoms with Crippen molar-refractivity contribution in [2.75, 3.05) is 0 Å². The van der Waals surface area contributed by atoms with Crippen molar-refractivity contribution in [1.29, 1.82) is 0 Å². The van der Waals surface area contributed by atoms with Gasteiger partial charge in [-0.1, -0.05) is 19.9 Å². The molecule has 1 atom stereocenters. The number of rotatable bonds is 2. The van der Waals surface area contributed by atoms with Gasteiger partial charge < -0.3 is 4.74 Å². The second-order valence-electron chi connectivity index (χ2n) is 4.32. The lowest BCUT2D eigenvalue weighted by molar-refractivity contribution is -0.140. The normalized spacial score (nSPS) is 20.5. The molecular formula is C13H15NO2. The lowest BCUT2D eigenvalue weighted by Gasteiger charge is -2.17. The van der Waals surface area contributed by atoms with E-state index < -0.39 is 0 Å². The molecule has 0 saturated heterocycles. The van der Waals surface area contributed by atoms with E-state index in [1.165, 1.54) is 0 Å². The predicted molar refractivity (Wildman–Crippen MR) is 61.5 cm³/mol. The van der Waals surface area contributed by atoms with Crippen LogP contribution in [0.15, 0.2) is 30.0 Å². The molecular weight excluding hydrogens is 202 g/mol. The molecule has 1 aromatic heterocycles. The molecule has 0 N–H and O–H groups in total. The van der Waals surface area contributed by atoms with E-state index in [0.717, 1.165) is 11.3 Å². The van der Waals surface area contributed by atoms with Crippen LogP contribution >= 0.6 is 0 Å². The second kappa shape index (κ2) is 4.08. The predicted octanol–water partition coefficient (Wildman–Crippen LogP) is 2.44. The van der Waals surface area contributed by atoms with Crippen molar-refractivity contribution in [3.8, 4) is 0 Å². The fourth-order valence-electron chi connectivity index (χ4n) is 1.92. The monoisotopic (exact) mass is 217 g/mol. The molecule has 0 radical (unpaired) electrons. The molecule has 2 rings (SSSR count). The molecule has 84 valence electrons. The van der Waals surface area contributed by atoms with E-state index in [2.05, 4.69) is 4.98 Å². The van der Waals surface area contributed by atoms with Gasteiger partial charge in [0.1, 0.15) is 6.10 Å². The summed E-state index contributed by atoms with van der Waals surface area (Å²) in [5.74, 6) is 0.0396. The number of cyclic esters (lactones) is 1. The summed E-state index contributed by atoms with van der Waals surface area (Å²) in [6.07, 6.45) is 1.57. The summed E-state index contributed by atoms with van der Waals surface area (Å²) in [7, 11) is 0. The summed E-state index contributed by atoms with van der Waals surface area (Å²) in [6, 6.07) is 5.69. The summed E-state index contributed by atoms with van der Waals surface area (Å²) >= 11 is 0. The van der Waals surface area contributed by atoms with Crippen LogP contribution in [0.3, 0.4) is 0 Å². The molecule has 0 spiro atoms. The third-order valence-corrected chi connectivity index (χ3v) is 2.78. The Morgan fingerprint density at radius 3 is 2.69 bits per heavy atom. The van der Waals surface area contributed by atoms with Gasteiger partial charge in [0.05, 0.1) is 5.69 Å². The first-order chi connectivity index (χ1) is 7.61. The first kappa shape index (κ1) is 10.9. The fraction of sp³-hybridized carbons (Fsp3) is 0.385. The number of ether oxygens (including phenoxy) is 1. The van der Waals surface area contributed by atoms with Crippen LogP contribution < -0.4 is 0 Å². The van der Waals surface area contributed by atoms with Crippen LogP contribution in [0.4, 0.5) is 0 Å². The molecule has 0 bridgehead atoms. The van der Waals surface area contributed by atoms with E-state index >= 15 is 0 Å². The van der Waals surface area contributed by atoms with Crippen molar-refractivity contribution in [2.24, 2.45) is 5.92 Å². The Labute approximate surface area is 95.2 Å². The van der Waals surface area contributed by atoms with Gasteiger partial charge in [0, 0.05) is 17.3 Å². The summed E-state index contributed by atoms with van der Waals surface area (Å²) in [6.45, 7) is 5.88. The highest BCUT2D eigenvalue weighted by molar-refractivity contribution is 6.01. The molecule has 1 aliphatic heterocycles. The van der Waals surface area contributed by atoms with Crippen LogP contribution in [0.25, 0.3) is 5.57 Å². The molecule has 16 heavy (non-hydrogen) atoms. The molecule has 2 heterocycles. The van der Waals surface area contributed by atoms with Crippen LogP contribution in [-0.4, -0.2) is 17.1 Å². The molecule has 3 nitrogen and oxygen atoms in total. The molecule has 1 aromatic rings. The highest BCUT2D eigenvalue weighted by Crippen LogP contribution is 2.33. The van der Waals surface area contributed by atoms with Gasteiger partial charge >= 0.3 is 5.97 Å². The van der Waals surface area contributed by atoms with E-state index in [1.54, 1.807) is 13.1 Å². The van der Waals surface area contributed by atoms with Gasteiger partial charge in [0.2, 0.25) is 0 Å². The van der Waals surface area contributed by atoms with E-state index in [9.17, 15) is 4.79 Å². The minimum Gasteiger partial charge on any atom is -0.454 e. The average Bonchev–Trinajstić information content (AvgIpc) is 2.57. The number of hydrogen-bond donors (Lipinski definition) is 0. The van der Waals surface area contributed by atoms with Crippen LogP contribution in [0.1, 0.15) is 26.5 Å². The van der Waals surface area contributed by atoms with Crippen molar-refractivity contribution in [3.05, 3.63) is 35.7 Å². The van der Waals surface area contributed by atoms with Gasteiger partial charge in [-0.15, -0.1) is 0 Å². The number of hydrogen-bond acceptors (Lipinski definition) is 3. The highest BCUT2D eigenvalue weighted by atomic mass is 16.5. The summed E-state index contributed by atoms with van der Waals surface area (Å²) < 4.78 is 5.35. The first-order valence-corrected chi connectivity index (χ1v) is 5.44. The van der Waals surface area contributed by atoms with Gasteiger partial charge in [-0.05, 0) is 25.0 Å². The van der Waals surface area contributed by atoms with Gasteiger partial charge in [0.25, 0.3) is 0 Å². The summed E-state index contributed by atoms with van der Waals surface area (Å²) in [5, 5.41) is 0. The van der Waals surface area contributed by atoms with E-state index in [4.69, 9.17) is 4.74 Å². The van der Waals surface area contributed by atoms with Crippen LogP contribution in [0, 0.1) is 5.92 Å². The second-order valence-corrected chi connectivity index (χ2v) is 4.32. The molecule has 3 heteroatoms. The maximum Gasteiger partial charge on any atom is 0.334 e. The standard InChI is InChI=1S/C13H15NO2/c1-8(2)12-11(9(3)13(15)16-12)10-6-4-5-7-14-10/h4-8,12H,1-3H3. The van der Waals surface area contributed by atoms with Crippen molar-refractivity contribution >= 4 is 11.5 Å². The molecule has 0 aliphatic carbocycles. The fourth-order valence-corrected chi connectivity index (χ4v) is 1.92. The Morgan fingerprint density at radius 1 is 1.38 bits per heavy atom. The first-order valence-electron chi connectivity index (χ1n) is 5.44. The van der Waals surface area contributed by atoms with Crippen molar-refractivity contribution in [2.45, 2.75) is 26.9 Å². The van der Waals surface area contributed by atoms with E-state index in [1.807, 2.05) is 32.0 Å². The van der Waals surface area contributed by atoms with Gasteiger partial charge in [0.15, 0.2) is 0 Å². The topological polar surface area (TPSA) is 39.2 Å². The zero-order chi connectivity index (χ0) is 11.7. The van der Waals surface area contributed by atoms with Gasteiger partial charge in [-0.3, -0.25) is 4.98 Å². The molecule has 1 aliphatic rings. The average molecular weight is 217 g/mol. The molecule has 1 unspecified atom stereocenters. The molecule has 0 saturated carbocycles. The SMILES string of the molecule is CC1=C(c2ccccn2)C(C(C)C)OC1=O. The summed E-state index contributed by atoms with van der Waals surface area (Å²) in [5.41, 5.74) is 2.45. The van der Waals surface area contributed by atoms with Crippen LogP contribution in [-0.2, 0) is 9.53 Å². The Morgan fingerprint density at radius 2 is 2.12 bits per heavy atom. The third kappa shape index (κ3) is 1.73. The number of carbonyl (C=O) groups is 1. The number of pyridine rings is 1. The third-order valence-electron chi connectivity index (χ3n) is 2.78. The Kier molecular flexibility index (Phi) is 2.77. The number of nitrogens with zero attached hydrogens (tertiary/aromatic N) is 1. The Hall–Kier alpha value is -1.64. The molecule has 0 fully saturated rings. The Balaban J connectivity index is 2.47. The minimum absolute atomic E-state index is 0.164. The number of aromatic nitrogens is 1. The quantitative estimate of drug-likeness (QED) is 0.714. The van der Waals surface area contributed by atoms with Crippen molar-refractivity contribution in [3.63, 3.8) is 0 Å². The Bertz CT molecular complexity index is 435. The van der Waals surface area contributed by atoms with E-state index in [-0.39, 0.29) is 18.0 Å². The zero-order valence-electron chi connectivity index (χ0n) is 9.73. The van der Waals surface area contributed by atoms with Gasteiger partial charge in [-0.2, -0.15) is 0 Å². The number of carbonyl (C=O) groups excluding carboxylic acids is 1. The lowest BCUT2D eigenvalue weighted by atomic mass is 9.94. The maximum absolute atomic E-state index is 11.6. The lowest BCUT2D eigenvalue weighted by Crippen LogP contribution is -2.18. The number of esters is 1. The maximum atomic E-state index is 11.6. The van der Waals surface area contributed by atoms with Crippen molar-refractivity contribution in [1.82, 2.24) is 4.98 Å². The zero-order valence-corrected chi connectivity index (χ0v) is 9.73. The van der Waals surface area contributed by atoms with Crippen molar-refractivity contribution < 1.29 is 9.53 Å². The smallest absolute Gasteiger partial charge is 0.334 e. The van der Waals surface area contributed by atoms with Gasteiger partial charge in [-0.25, -0.2) is 4.79 Å².